The second-order valence-electron chi connectivity index (χ2n) is 4.32. The smallest absolute Gasteiger partial charge is 0.324 e. The maximum Gasteiger partial charge on any atom is 0.324 e. The number of carbonyl (C=O) groups excluding carboxylic acids is 2. The van der Waals surface area contributed by atoms with E-state index in [0.717, 1.165) is 0 Å². The van der Waals surface area contributed by atoms with Gasteiger partial charge in [-0.2, -0.15) is 0 Å². The van der Waals surface area contributed by atoms with Gasteiger partial charge in [-0.05, 0) is 12.8 Å². The van der Waals surface area contributed by atoms with E-state index in [0.29, 0.717) is 26.1 Å². The highest BCUT2D eigenvalue weighted by Gasteiger charge is 2.55. The molecule has 2 heterocycles. The summed E-state index contributed by atoms with van der Waals surface area (Å²) in [6.07, 6.45) is 1.38. The van der Waals surface area contributed by atoms with E-state index in [2.05, 4.69) is 0 Å². The van der Waals surface area contributed by atoms with Crippen LogP contribution in [-0.2, 0) is 23.8 Å². The molecule has 5 nitrogen and oxygen atoms in total. The average Bonchev–Trinajstić information content (AvgIpc) is 2.28. The number of esters is 1. The minimum Gasteiger partial charge on any atom is -0.468 e. The molecule has 0 aromatic heterocycles. The molecule has 0 radical (unpaired) electrons. The van der Waals surface area contributed by atoms with Crippen LogP contribution in [0.1, 0.15) is 12.8 Å². The molecule has 0 aromatic carbocycles. The molecule has 0 bridgehead atoms. The van der Waals surface area contributed by atoms with Gasteiger partial charge < -0.3 is 14.2 Å². The van der Waals surface area contributed by atoms with Crippen molar-refractivity contribution in [3.63, 3.8) is 0 Å². The van der Waals surface area contributed by atoms with Crippen molar-refractivity contribution in [3.05, 3.63) is 0 Å². The van der Waals surface area contributed by atoms with E-state index in [-0.39, 0.29) is 24.9 Å². The Hall–Kier alpha value is -0.940. The van der Waals surface area contributed by atoms with Crippen LogP contribution in [0, 0.1) is 11.3 Å². The fourth-order valence-corrected chi connectivity index (χ4v) is 2.21. The molecule has 0 unspecified atom stereocenters. The molecule has 2 aliphatic heterocycles. The van der Waals surface area contributed by atoms with Gasteiger partial charge in [0, 0.05) is 19.1 Å². The number of Topliss-reactive ketones (excluding diaryl/α,β-unsaturated/α-hetero) is 1. The normalized spacial score (nSPS) is 24.6. The van der Waals surface area contributed by atoms with Crippen molar-refractivity contribution in [2.75, 3.05) is 33.5 Å². The number of rotatable bonds is 3. The van der Waals surface area contributed by atoms with Crippen molar-refractivity contribution in [3.8, 4) is 0 Å². The molecule has 0 aromatic rings. The van der Waals surface area contributed by atoms with E-state index in [1.807, 2.05) is 0 Å². The molecular formula is C11H16O5. The molecule has 0 atom stereocenters. The zero-order valence-corrected chi connectivity index (χ0v) is 9.36. The number of hydrogen-bond donors (Lipinski definition) is 0. The molecule has 2 aliphatic rings. The molecule has 0 N–H and O–H groups in total. The third kappa shape index (κ3) is 1.74. The summed E-state index contributed by atoms with van der Waals surface area (Å²) < 4.78 is 14.9. The van der Waals surface area contributed by atoms with Gasteiger partial charge in [0.05, 0.1) is 20.3 Å². The van der Waals surface area contributed by atoms with E-state index in [1.165, 1.54) is 7.11 Å². The molecule has 2 saturated heterocycles. The lowest BCUT2D eigenvalue weighted by Gasteiger charge is -2.39. The number of methoxy groups -OCH3 is 1. The fourth-order valence-electron chi connectivity index (χ4n) is 2.21. The maximum absolute atomic E-state index is 12.3. The van der Waals surface area contributed by atoms with Gasteiger partial charge in [-0.1, -0.05) is 0 Å². The first-order valence-electron chi connectivity index (χ1n) is 5.49. The molecule has 0 amide bonds. The van der Waals surface area contributed by atoms with Crippen molar-refractivity contribution in [1.29, 1.82) is 0 Å². The Balaban J connectivity index is 2.08. The molecular weight excluding hydrogens is 212 g/mol. The van der Waals surface area contributed by atoms with Gasteiger partial charge in [0.2, 0.25) is 0 Å². The molecule has 5 heteroatoms. The predicted octanol–water partition coefficient (Wildman–Crippen LogP) is 0.172. The van der Waals surface area contributed by atoms with Crippen LogP contribution < -0.4 is 0 Å². The van der Waals surface area contributed by atoms with Crippen LogP contribution in [0.25, 0.3) is 0 Å². The summed E-state index contributed by atoms with van der Waals surface area (Å²) in [4.78, 5) is 23.9. The van der Waals surface area contributed by atoms with E-state index in [9.17, 15) is 9.59 Å². The van der Waals surface area contributed by atoms with Crippen molar-refractivity contribution in [2.24, 2.45) is 11.3 Å². The van der Waals surface area contributed by atoms with Crippen molar-refractivity contribution in [2.45, 2.75) is 12.8 Å². The highest BCUT2D eigenvalue weighted by atomic mass is 16.5. The summed E-state index contributed by atoms with van der Waals surface area (Å²) in [5, 5.41) is 0. The predicted molar refractivity (Wildman–Crippen MR) is 53.8 cm³/mol. The first-order valence-corrected chi connectivity index (χ1v) is 5.49. The summed E-state index contributed by atoms with van der Waals surface area (Å²) in [6.45, 7) is 1.51. The van der Waals surface area contributed by atoms with E-state index in [1.54, 1.807) is 0 Å². The Morgan fingerprint density at radius 3 is 2.25 bits per heavy atom. The van der Waals surface area contributed by atoms with Crippen LogP contribution in [0.2, 0.25) is 0 Å². The van der Waals surface area contributed by atoms with Gasteiger partial charge >= 0.3 is 5.97 Å². The molecule has 0 aliphatic carbocycles. The fraction of sp³-hybridized carbons (Fsp3) is 0.818. The monoisotopic (exact) mass is 228 g/mol. The first kappa shape index (κ1) is 11.5. The molecule has 16 heavy (non-hydrogen) atoms. The second kappa shape index (κ2) is 4.51. The zero-order chi connectivity index (χ0) is 11.6. The summed E-state index contributed by atoms with van der Waals surface area (Å²) in [5.74, 6) is -0.583. The summed E-state index contributed by atoms with van der Waals surface area (Å²) in [7, 11) is 1.31. The Kier molecular flexibility index (Phi) is 3.25. The summed E-state index contributed by atoms with van der Waals surface area (Å²) >= 11 is 0. The van der Waals surface area contributed by atoms with E-state index in [4.69, 9.17) is 14.2 Å². The Morgan fingerprint density at radius 2 is 1.81 bits per heavy atom. The third-order valence-corrected chi connectivity index (χ3v) is 3.34. The highest BCUT2D eigenvalue weighted by molar-refractivity contribution is 6.06. The largest absolute Gasteiger partial charge is 0.468 e. The molecule has 0 spiro atoms. The van der Waals surface area contributed by atoms with Gasteiger partial charge in [-0.25, -0.2) is 0 Å². The standard InChI is InChI=1S/C11H16O5/c1-14-10(13)11(6-16-7-11)9(12)8-2-4-15-5-3-8/h8H,2-7H2,1H3. The molecule has 2 fully saturated rings. The SMILES string of the molecule is COC(=O)C1(C(=O)C2CCOCC2)COC1. The molecule has 90 valence electrons. The zero-order valence-electron chi connectivity index (χ0n) is 9.36. The number of hydrogen-bond acceptors (Lipinski definition) is 5. The minimum absolute atomic E-state index is 0.0334. The number of ether oxygens (including phenoxy) is 3. The summed E-state index contributed by atoms with van der Waals surface area (Å²) in [6, 6.07) is 0. The number of carbonyl (C=O) groups is 2. The van der Waals surface area contributed by atoms with Crippen LogP contribution in [0.4, 0.5) is 0 Å². The number of ketones is 1. The van der Waals surface area contributed by atoms with Crippen molar-refractivity contribution < 1.29 is 23.8 Å². The van der Waals surface area contributed by atoms with Crippen LogP contribution in [0.15, 0.2) is 0 Å². The Bertz CT molecular complexity index is 289. The lowest BCUT2D eigenvalue weighted by atomic mass is 9.74. The van der Waals surface area contributed by atoms with Crippen molar-refractivity contribution >= 4 is 11.8 Å². The minimum atomic E-state index is -1.03. The lowest BCUT2D eigenvalue weighted by molar-refractivity contribution is -0.190. The van der Waals surface area contributed by atoms with Crippen LogP contribution in [0.3, 0.4) is 0 Å². The van der Waals surface area contributed by atoms with Crippen LogP contribution in [-0.4, -0.2) is 45.3 Å². The van der Waals surface area contributed by atoms with Gasteiger partial charge in [0.15, 0.2) is 11.2 Å². The van der Waals surface area contributed by atoms with Gasteiger partial charge in [-0.3, -0.25) is 9.59 Å². The van der Waals surface area contributed by atoms with Gasteiger partial charge in [0.1, 0.15) is 0 Å². The van der Waals surface area contributed by atoms with E-state index >= 15 is 0 Å². The first-order chi connectivity index (χ1) is 7.70. The Morgan fingerprint density at radius 1 is 1.19 bits per heavy atom. The summed E-state index contributed by atoms with van der Waals surface area (Å²) in [5.41, 5.74) is -1.03. The average molecular weight is 228 g/mol. The van der Waals surface area contributed by atoms with Gasteiger partial charge in [0.25, 0.3) is 0 Å². The van der Waals surface area contributed by atoms with Gasteiger partial charge in [-0.15, -0.1) is 0 Å². The maximum atomic E-state index is 12.3. The van der Waals surface area contributed by atoms with Crippen LogP contribution >= 0.6 is 0 Å². The van der Waals surface area contributed by atoms with Crippen molar-refractivity contribution in [1.82, 2.24) is 0 Å². The molecule has 0 saturated carbocycles. The lowest BCUT2D eigenvalue weighted by Crippen LogP contribution is -2.57. The van der Waals surface area contributed by atoms with E-state index < -0.39 is 11.4 Å². The third-order valence-electron chi connectivity index (χ3n) is 3.34. The van der Waals surface area contributed by atoms with Crippen LogP contribution in [0.5, 0.6) is 0 Å². The second-order valence-corrected chi connectivity index (χ2v) is 4.32. The quantitative estimate of drug-likeness (QED) is 0.509. The topological polar surface area (TPSA) is 61.8 Å². The highest BCUT2D eigenvalue weighted by Crippen LogP contribution is 2.35. The molecule has 2 rings (SSSR count). The Labute approximate surface area is 94.0 Å².